The number of nitrogens with two attached hydrogens (primary N) is 1. The second-order valence-electron chi connectivity index (χ2n) is 4.28. The fourth-order valence-electron chi connectivity index (χ4n) is 1.77. The Hall–Kier alpha value is -2.44. The van der Waals surface area contributed by atoms with Crippen LogP contribution in [0.3, 0.4) is 0 Å². The maximum Gasteiger partial charge on any atom is 0.359 e. The van der Waals surface area contributed by atoms with Gasteiger partial charge >= 0.3 is 5.97 Å². The molecule has 1 heterocycles. The van der Waals surface area contributed by atoms with Gasteiger partial charge in [0.25, 0.3) is 0 Å². The van der Waals surface area contributed by atoms with Crippen LogP contribution in [-0.4, -0.2) is 15.7 Å². The van der Waals surface area contributed by atoms with E-state index in [0.717, 1.165) is 12.1 Å². The van der Waals surface area contributed by atoms with Crippen LogP contribution in [0.4, 0.5) is 14.5 Å². The minimum Gasteiger partial charge on any atom is -0.456 e. The summed E-state index contributed by atoms with van der Waals surface area (Å²) in [7, 11) is 1.55. The van der Waals surface area contributed by atoms with Crippen LogP contribution in [0.5, 0.6) is 0 Å². The van der Waals surface area contributed by atoms with Crippen LogP contribution in [0.2, 0.25) is 0 Å². The minimum absolute atomic E-state index is 0.0808. The van der Waals surface area contributed by atoms with E-state index in [9.17, 15) is 13.6 Å². The summed E-state index contributed by atoms with van der Waals surface area (Å²) in [5.41, 5.74) is 6.62. The number of aryl methyl sites for hydroxylation is 2. The van der Waals surface area contributed by atoms with Crippen LogP contribution in [0.1, 0.15) is 21.7 Å². The summed E-state index contributed by atoms with van der Waals surface area (Å²) < 4.78 is 32.4. The molecule has 1 aromatic heterocycles. The van der Waals surface area contributed by atoms with E-state index in [1.54, 1.807) is 14.0 Å². The largest absolute Gasteiger partial charge is 0.456 e. The van der Waals surface area contributed by atoms with E-state index in [1.807, 2.05) is 0 Å². The molecule has 20 heavy (non-hydrogen) atoms. The third-order valence-corrected chi connectivity index (χ3v) is 2.84. The van der Waals surface area contributed by atoms with E-state index < -0.39 is 17.6 Å². The highest BCUT2D eigenvalue weighted by atomic mass is 19.1. The topological polar surface area (TPSA) is 70.1 Å². The van der Waals surface area contributed by atoms with Gasteiger partial charge in [-0.05, 0) is 19.1 Å². The average Bonchev–Trinajstić information content (AvgIpc) is 2.62. The first-order chi connectivity index (χ1) is 9.40. The molecular weight excluding hydrogens is 268 g/mol. The van der Waals surface area contributed by atoms with Gasteiger partial charge in [-0.3, -0.25) is 4.68 Å². The quantitative estimate of drug-likeness (QED) is 0.873. The molecule has 0 amide bonds. The maximum absolute atomic E-state index is 13.4. The second kappa shape index (κ2) is 5.28. The summed E-state index contributed by atoms with van der Waals surface area (Å²) in [6.07, 6.45) is 0. The first-order valence-corrected chi connectivity index (χ1v) is 5.80. The van der Waals surface area contributed by atoms with Crippen molar-refractivity contribution in [3.05, 3.63) is 46.8 Å². The van der Waals surface area contributed by atoms with Gasteiger partial charge < -0.3 is 10.5 Å². The summed E-state index contributed by atoms with van der Waals surface area (Å²) in [5.74, 6) is -2.18. The van der Waals surface area contributed by atoms with Crippen molar-refractivity contribution in [3.8, 4) is 0 Å². The molecule has 0 fully saturated rings. The summed E-state index contributed by atoms with van der Waals surface area (Å²) in [4.78, 5) is 11.9. The Bertz CT molecular complexity index is 668. The van der Waals surface area contributed by atoms with E-state index in [-0.39, 0.29) is 23.6 Å². The van der Waals surface area contributed by atoms with E-state index >= 15 is 0 Å². The zero-order valence-electron chi connectivity index (χ0n) is 11.0. The Balaban J connectivity index is 2.13. The summed E-state index contributed by atoms with van der Waals surface area (Å²) in [6.45, 7) is 1.35. The number of benzene rings is 1. The molecule has 0 radical (unpaired) electrons. The number of rotatable bonds is 3. The standard InChI is InChI=1S/C13H13F2N3O2/c1-7-11(16)12(18(2)17-7)13(19)20-6-8-3-4-9(14)5-10(8)15/h3-5H,6,16H2,1-2H3. The number of esters is 1. The van der Waals surface area contributed by atoms with E-state index in [1.165, 1.54) is 10.7 Å². The van der Waals surface area contributed by atoms with Crippen molar-refractivity contribution < 1.29 is 18.3 Å². The Morgan fingerprint density at radius 1 is 1.45 bits per heavy atom. The molecule has 2 aromatic rings. The molecule has 5 nitrogen and oxygen atoms in total. The van der Waals surface area contributed by atoms with Crippen molar-refractivity contribution >= 4 is 11.7 Å². The molecule has 0 aliphatic carbocycles. The highest BCUT2D eigenvalue weighted by molar-refractivity contribution is 5.93. The summed E-state index contributed by atoms with van der Waals surface area (Å²) in [5, 5.41) is 3.98. The molecule has 0 spiro atoms. The predicted octanol–water partition coefficient (Wildman–Crippen LogP) is 1.95. The number of nitrogens with zero attached hydrogens (tertiary/aromatic N) is 2. The smallest absolute Gasteiger partial charge is 0.359 e. The Morgan fingerprint density at radius 3 is 2.70 bits per heavy atom. The van der Waals surface area contributed by atoms with Gasteiger partial charge in [0.2, 0.25) is 0 Å². The lowest BCUT2D eigenvalue weighted by Crippen LogP contribution is -2.13. The lowest BCUT2D eigenvalue weighted by molar-refractivity contribution is 0.0457. The first kappa shape index (κ1) is 14.0. The fourth-order valence-corrected chi connectivity index (χ4v) is 1.77. The highest BCUT2D eigenvalue weighted by Gasteiger charge is 2.19. The molecule has 2 rings (SSSR count). The lowest BCUT2D eigenvalue weighted by atomic mass is 10.2. The van der Waals surface area contributed by atoms with E-state index in [0.29, 0.717) is 5.69 Å². The van der Waals surface area contributed by atoms with Crippen LogP contribution in [-0.2, 0) is 18.4 Å². The molecule has 0 saturated carbocycles. The lowest BCUT2D eigenvalue weighted by Gasteiger charge is -2.07. The maximum atomic E-state index is 13.4. The fraction of sp³-hybridized carbons (Fsp3) is 0.231. The molecule has 0 aliphatic rings. The molecule has 1 aromatic carbocycles. The number of carbonyl (C=O) groups excluding carboxylic acids is 1. The van der Waals surface area contributed by atoms with Crippen molar-refractivity contribution in [2.45, 2.75) is 13.5 Å². The minimum atomic E-state index is -0.771. The van der Waals surface area contributed by atoms with Gasteiger partial charge in [0, 0.05) is 18.7 Å². The van der Waals surface area contributed by atoms with Gasteiger partial charge in [-0.2, -0.15) is 5.10 Å². The van der Waals surface area contributed by atoms with Gasteiger partial charge in [-0.25, -0.2) is 13.6 Å². The van der Waals surface area contributed by atoms with Gasteiger partial charge in [-0.1, -0.05) is 0 Å². The van der Waals surface area contributed by atoms with Crippen LogP contribution >= 0.6 is 0 Å². The number of ether oxygens (including phenoxy) is 1. The van der Waals surface area contributed by atoms with E-state index in [2.05, 4.69) is 5.10 Å². The van der Waals surface area contributed by atoms with Crippen molar-refractivity contribution in [2.75, 3.05) is 5.73 Å². The molecular formula is C13H13F2N3O2. The van der Waals surface area contributed by atoms with Crippen molar-refractivity contribution in [1.82, 2.24) is 9.78 Å². The molecule has 0 unspecified atom stereocenters. The predicted molar refractivity (Wildman–Crippen MR) is 67.8 cm³/mol. The number of nitrogen functional groups attached to an aromatic ring is 1. The number of anilines is 1. The number of halogens is 2. The number of aromatic nitrogens is 2. The third kappa shape index (κ3) is 2.61. The first-order valence-electron chi connectivity index (χ1n) is 5.80. The molecule has 0 atom stereocenters. The molecule has 7 heteroatoms. The number of carbonyl (C=O) groups is 1. The second-order valence-corrected chi connectivity index (χ2v) is 4.28. The van der Waals surface area contributed by atoms with Crippen LogP contribution in [0.25, 0.3) is 0 Å². The van der Waals surface area contributed by atoms with Gasteiger partial charge in [0.15, 0.2) is 5.69 Å². The molecule has 0 aliphatic heterocycles. The van der Waals surface area contributed by atoms with Crippen molar-refractivity contribution in [2.24, 2.45) is 7.05 Å². The Morgan fingerprint density at radius 2 is 2.15 bits per heavy atom. The SMILES string of the molecule is Cc1nn(C)c(C(=O)OCc2ccc(F)cc2F)c1N. The number of hydrogen-bond donors (Lipinski definition) is 1. The zero-order chi connectivity index (χ0) is 14.9. The van der Waals surface area contributed by atoms with Gasteiger partial charge in [-0.15, -0.1) is 0 Å². The summed E-state index contributed by atoms with van der Waals surface area (Å²) in [6, 6.07) is 3.04. The molecule has 106 valence electrons. The Labute approximate surface area is 114 Å². The highest BCUT2D eigenvalue weighted by Crippen LogP contribution is 2.17. The molecule has 0 saturated heterocycles. The summed E-state index contributed by atoms with van der Waals surface area (Å²) >= 11 is 0. The van der Waals surface area contributed by atoms with Crippen LogP contribution in [0.15, 0.2) is 18.2 Å². The molecule has 2 N–H and O–H groups in total. The molecule has 0 bridgehead atoms. The normalized spacial score (nSPS) is 10.6. The monoisotopic (exact) mass is 281 g/mol. The van der Waals surface area contributed by atoms with Crippen LogP contribution in [0, 0.1) is 18.6 Å². The third-order valence-electron chi connectivity index (χ3n) is 2.84. The van der Waals surface area contributed by atoms with Gasteiger partial charge in [0.05, 0.1) is 11.4 Å². The zero-order valence-corrected chi connectivity index (χ0v) is 11.0. The van der Waals surface area contributed by atoms with Crippen molar-refractivity contribution in [3.63, 3.8) is 0 Å². The van der Waals surface area contributed by atoms with Gasteiger partial charge in [0.1, 0.15) is 18.2 Å². The Kier molecular flexibility index (Phi) is 3.69. The van der Waals surface area contributed by atoms with Crippen LogP contribution < -0.4 is 5.73 Å². The average molecular weight is 281 g/mol. The van der Waals surface area contributed by atoms with E-state index in [4.69, 9.17) is 10.5 Å². The number of hydrogen-bond acceptors (Lipinski definition) is 4. The van der Waals surface area contributed by atoms with Crippen molar-refractivity contribution in [1.29, 1.82) is 0 Å².